The molecular weight excluding hydrogens is 253 g/mol. The summed E-state index contributed by atoms with van der Waals surface area (Å²) >= 11 is 0. The fourth-order valence-corrected chi connectivity index (χ4v) is 1.03. The number of methoxy groups -OCH3 is 1. The summed E-state index contributed by atoms with van der Waals surface area (Å²) in [7, 11) is 2.56. The molecule has 0 aliphatic heterocycles. The van der Waals surface area contributed by atoms with Crippen LogP contribution in [0.25, 0.3) is 0 Å². The van der Waals surface area contributed by atoms with Crippen LogP contribution < -0.4 is 10.6 Å². The molecule has 0 aliphatic carbocycles. The number of ether oxygens (including phenoxy) is 1. The Bertz CT molecular complexity index is 436. The molecular formula is C9H11F3N4O2. The number of aromatic nitrogens is 2. The molecule has 0 saturated carbocycles. The highest BCUT2D eigenvalue weighted by Gasteiger charge is 2.33. The lowest BCUT2D eigenvalue weighted by Gasteiger charge is -2.10. The van der Waals surface area contributed by atoms with Crippen molar-refractivity contribution in [1.82, 2.24) is 9.97 Å². The number of nitrogens with zero attached hydrogens (tertiary/aromatic N) is 2. The van der Waals surface area contributed by atoms with Crippen LogP contribution in [0.1, 0.15) is 5.69 Å². The molecule has 0 unspecified atom stereocenters. The number of carbonyl (C=O) groups is 1. The van der Waals surface area contributed by atoms with E-state index in [0.29, 0.717) is 6.07 Å². The van der Waals surface area contributed by atoms with Gasteiger partial charge in [-0.15, -0.1) is 0 Å². The van der Waals surface area contributed by atoms with Crippen molar-refractivity contribution in [3.8, 4) is 0 Å². The normalized spacial score (nSPS) is 10.9. The summed E-state index contributed by atoms with van der Waals surface area (Å²) in [4.78, 5) is 17.9. The van der Waals surface area contributed by atoms with Crippen LogP contribution in [0.5, 0.6) is 0 Å². The zero-order valence-electron chi connectivity index (χ0n) is 9.63. The molecule has 6 nitrogen and oxygen atoms in total. The highest BCUT2D eigenvalue weighted by molar-refractivity contribution is 5.74. The quantitative estimate of drug-likeness (QED) is 0.794. The minimum atomic E-state index is -4.59. The molecule has 0 amide bonds. The zero-order chi connectivity index (χ0) is 13.8. The largest absolute Gasteiger partial charge is 0.468 e. The predicted octanol–water partition coefficient (Wildman–Crippen LogP) is 1.12. The monoisotopic (exact) mass is 264 g/mol. The number of hydrogen-bond acceptors (Lipinski definition) is 6. The number of esters is 1. The van der Waals surface area contributed by atoms with Crippen molar-refractivity contribution in [1.29, 1.82) is 0 Å². The van der Waals surface area contributed by atoms with Gasteiger partial charge in [0, 0.05) is 13.1 Å². The van der Waals surface area contributed by atoms with Crippen LogP contribution in [-0.4, -0.2) is 36.6 Å². The third kappa shape index (κ3) is 3.75. The van der Waals surface area contributed by atoms with Crippen LogP contribution in [0.15, 0.2) is 6.07 Å². The molecule has 0 aliphatic rings. The van der Waals surface area contributed by atoms with E-state index < -0.39 is 17.8 Å². The lowest BCUT2D eigenvalue weighted by atomic mass is 10.3. The Hall–Kier alpha value is -2.06. The number of alkyl halides is 3. The Morgan fingerprint density at radius 1 is 1.44 bits per heavy atom. The molecule has 18 heavy (non-hydrogen) atoms. The van der Waals surface area contributed by atoms with Gasteiger partial charge in [-0.05, 0) is 0 Å². The highest BCUT2D eigenvalue weighted by atomic mass is 19.4. The first-order chi connectivity index (χ1) is 8.36. The van der Waals surface area contributed by atoms with Crippen LogP contribution in [-0.2, 0) is 15.7 Å². The van der Waals surface area contributed by atoms with E-state index in [1.54, 1.807) is 0 Å². The van der Waals surface area contributed by atoms with Crippen molar-refractivity contribution < 1.29 is 22.7 Å². The number of hydrogen-bond donors (Lipinski definition) is 2. The SMILES string of the molecule is CNc1nc(NCC(=O)OC)cc(C(F)(F)F)n1. The van der Waals surface area contributed by atoms with E-state index in [4.69, 9.17) is 0 Å². The molecule has 1 aromatic heterocycles. The van der Waals surface area contributed by atoms with E-state index >= 15 is 0 Å². The Labute approximate surface area is 101 Å². The summed E-state index contributed by atoms with van der Waals surface area (Å²) < 4.78 is 41.9. The van der Waals surface area contributed by atoms with Crippen LogP contribution in [0.4, 0.5) is 24.9 Å². The molecule has 0 bridgehead atoms. The average Bonchev–Trinajstić information content (AvgIpc) is 2.34. The summed E-state index contributed by atoms with van der Waals surface area (Å²) in [6.07, 6.45) is -4.59. The minimum Gasteiger partial charge on any atom is -0.468 e. The maximum atomic E-state index is 12.5. The van der Waals surface area contributed by atoms with Gasteiger partial charge in [-0.1, -0.05) is 0 Å². The molecule has 2 N–H and O–H groups in total. The lowest BCUT2D eigenvalue weighted by molar-refractivity contribution is -0.141. The zero-order valence-corrected chi connectivity index (χ0v) is 9.63. The third-order valence-electron chi connectivity index (χ3n) is 1.88. The van der Waals surface area contributed by atoms with Crippen LogP contribution in [0.3, 0.4) is 0 Å². The summed E-state index contributed by atoms with van der Waals surface area (Å²) in [6, 6.07) is 0.712. The number of anilines is 2. The van der Waals surface area contributed by atoms with Gasteiger partial charge in [0.2, 0.25) is 5.95 Å². The van der Waals surface area contributed by atoms with E-state index in [9.17, 15) is 18.0 Å². The first kappa shape index (κ1) is 14.0. The maximum Gasteiger partial charge on any atom is 0.433 e. The summed E-state index contributed by atoms with van der Waals surface area (Å²) in [5.74, 6) is -0.933. The fourth-order valence-electron chi connectivity index (χ4n) is 1.03. The van der Waals surface area contributed by atoms with Gasteiger partial charge in [0.25, 0.3) is 0 Å². The van der Waals surface area contributed by atoms with Gasteiger partial charge in [-0.2, -0.15) is 18.2 Å². The van der Waals surface area contributed by atoms with Gasteiger partial charge < -0.3 is 15.4 Å². The minimum absolute atomic E-state index is 0.118. The molecule has 1 aromatic rings. The van der Waals surface area contributed by atoms with E-state index in [2.05, 4.69) is 25.3 Å². The fraction of sp³-hybridized carbons (Fsp3) is 0.444. The van der Waals surface area contributed by atoms with Crippen molar-refractivity contribution in [3.05, 3.63) is 11.8 Å². The molecule has 0 aromatic carbocycles. The smallest absolute Gasteiger partial charge is 0.433 e. The molecule has 0 fully saturated rings. The van der Waals surface area contributed by atoms with Crippen molar-refractivity contribution in [2.45, 2.75) is 6.18 Å². The molecule has 0 spiro atoms. The van der Waals surface area contributed by atoms with Gasteiger partial charge in [0.1, 0.15) is 12.4 Å². The molecule has 100 valence electrons. The van der Waals surface area contributed by atoms with Gasteiger partial charge in [0.05, 0.1) is 7.11 Å². The van der Waals surface area contributed by atoms with Crippen LogP contribution in [0.2, 0.25) is 0 Å². The topological polar surface area (TPSA) is 76.1 Å². The van der Waals surface area contributed by atoms with Gasteiger partial charge in [0.15, 0.2) is 5.69 Å². The van der Waals surface area contributed by atoms with Crippen LogP contribution >= 0.6 is 0 Å². The van der Waals surface area contributed by atoms with Crippen LogP contribution in [0, 0.1) is 0 Å². The number of halogens is 3. The van der Waals surface area contributed by atoms with E-state index in [-0.39, 0.29) is 18.3 Å². The maximum absolute atomic E-state index is 12.5. The summed E-state index contributed by atoms with van der Waals surface area (Å²) in [5, 5.41) is 4.82. The molecule has 0 saturated heterocycles. The summed E-state index contributed by atoms with van der Waals surface area (Å²) in [6.45, 7) is -0.284. The van der Waals surface area contributed by atoms with Gasteiger partial charge in [-0.25, -0.2) is 4.98 Å². The first-order valence-electron chi connectivity index (χ1n) is 4.81. The second-order valence-corrected chi connectivity index (χ2v) is 3.14. The van der Waals surface area contributed by atoms with E-state index in [1.807, 2.05) is 0 Å². The highest BCUT2D eigenvalue weighted by Crippen LogP contribution is 2.29. The Balaban J connectivity index is 2.94. The van der Waals surface area contributed by atoms with Gasteiger partial charge in [-0.3, -0.25) is 4.79 Å². The van der Waals surface area contributed by atoms with E-state index in [1.165, 1.54) is 14.2 Å². The van der Waals surface area contributed by atoms with Crippen molar-refractivity contribution in [3.63, 3.8) is 0 Å². The predicted molar refractivity (Wildman–Crippen MR) is 57.1 cm³/mol. The molecule has 0 radical (unpaired) electrons. The van der Waals surface area contributed by atoms with Crippen molar-refractivity contribution in [2.75, 3.05) is 31.3 Å². The number of rotatable bonds is 4. The van der Waals surface area contributed by atoms with Crippen molar-refractivity contribution >= 4 is 17.7 Å². The van der Waals surface area contributed by atoms with E-state index in [0.717, 1.165) is 0 Å². The number of nitrogens with one attached hydrogen (secondary N) is 2. The Morgan fingerprint density at radius 3 is 2.61 bits per heavy atom. The van der Waals surface area contributed by atoms with Gasteiger partial charge >= 0.3 is 12.1 Å². The second kappa shape index (κ2) is 5.52. The molecule has 9 heteroatoms. The molecule has 1 rings (SSSR count). The Morgan fingerprint density at radius 2 is 2.11 bits per heavy atom. The third-order valence-corrected chi connectivity index (χ3v) is 1.88. The standard InChI is InChI=1S/C9H11F3N4O2/c1-13-8-15-5(9(10,11)12)3-6(16-8)14-4-7(17)18-2/h3H,4H2,1-2H3,(H2,13,14,15,16). The number of carbonyl (C=O) groups excluding carboxylic acids is 1. The average molecular weight is 264 g/mol. The first-order valence-corrected chi connectivity index (χ1v) is 4.81. The molecule has 1 heterocycles. The summed E-state index contributed by atoms with van der Waals surface area (Å²) in [5.41, 5.74) is -1.10. The second-order valence-electron chi connectivity index (χ2n) is 3.14. The van der Waals surface area contributed by atoms with Crippen molar-refractivity contribution in [2.24, 2.45) is 0 Å². The lowest BCUT2D eigenvalue weighted by Crippen LogP contribution is -2.18. The Kier molecular flexibility index (Phi) is 4.29. The molecule has 0 atom stereocenters.